The fraction of sp³-hybridized carbons (Fsp3) is 0.231. The van der Waals surface area contributed by atoms with E-state index in [1.165, 1.54) is 0 Å². The summed E-state index contributed by atoms with van der Waals surface area (Å²) in [5.74, 6) is -1.39. The predicted octanol–water partition coefficient (Wildman–Crippen LogP) is 1.47. The summed E-state index contributed by atoms with van der Waals surface area (Å²) in [6, 6.07) is 9.47. The molecule has 1 aromatic rings. The molecular weight excluding hydrogens is 278 g/mol. The summed E-state index contributed by atoms with van der Waals surface area (Å²) in [4.78, 5) is 22.3. The summed E-state index contributed by atoms with van der Waals surface area (Å²) in [6.45, 7) is 1.80. The molecule has 1 aliphatic rings. The van der Waals surface area contributed by atoms with Crippen LogP contribution in [0.3, 0.4) is 0 Å². The van der Waals surface area contributed by atoms with Gasteiger partial charge < -0.3 is 10.4 Å². The van der Waals surface area contributed by atoms with Crippen molar-refractivity contribution >= 4 is 34.5 Å². The maximum absolute atomic E-state index is 11.4. The largest absolute Gasteiger partial charge is 0.480 e. The topological polar surface area (TPSA) is 91.1 Å². The van der Waals surface area contributed by atoms with E-state index in [1.54, 1.807) is 6.92 Å². The minimum absolute atomic E-state index is 0.0552. The molecule has 0 spiro atoms. The van der Waals surface area contributed by atoms with Crippen molar-refractivity contribution in [1.29, 1.82) is 0 Å². The monoisotopic (exact) mass is 291 g/mol. The number of hydrogen-bond donors (Lipinski definition) is 2. The van der Waals surface area contributed by atoms with E-state index in [1.807, 2.05) is 30.3 Å². The van der Waals surface area contributed by atoms with Gasteiger partial charge in [-0.3, -0.25) is 9.59 Å². The first-order valence-electron chi connectivity index (χ1n) is 5.93. The van der Waals surface area contributed by atoms with Crippen molar-refractivity contribution < 1.29 is 14.7 Å². The highest BCUT2D eigenvalue weighted by Gasteiger charge is 2.29. The molecule has 1 fully saturated rings. The molecule has 1 saturated heterocycles. The Bertz CT molecular complexity index is 584. The molecule has 0 radical (unpaired) electrons. The van der Waals surface area contributed by atoms with Crippen molar-refractivity contribution in [3.63, 3.8) is 0 Å². The minimum Gasteiger partial charge on any atom is -0.480 e. The van der Waals surface area contributed by atoms with Gasteiger partial charge in [-0.25, -0.2) is 0 Å². The van der Waals surface area contributed by atoms with Crippen LogP contribution in [-0.2, 0) is 9.59 Å². The molecule has 1 atom stereocenters. The molecule has 7 heteroatoms. The van der Waals surface area contributed by atoms with Crippen molar-refractivity contribution in [2.75, 3.05) is 0 Å². The number of amidine groups is 1. The Kier molecular flexibility index (Phi) is 4.52. The van der Waals surface area contributed by atoms with Gasteiger partial charge in [0.15, 0.2) is 5.17 Å². The van der Waals surface area contributed by atoms with Crippen molar-refractivity contribution in [2.24, 2.45) is 10.2 Å². The standard InChI is InChI=1S/C13H13N3O3S/c1-8(9-5-3-2-4-6-9)15-16-13-14-11(17)7-10(20-13)12(18)19/h2-6,10H,7H2,1H3,(H,18,19)(H,14,16,17)/b15-8+/t10-/m0/s1. The molecule has 0 aromatic heterocycles. The quantitative estimate of drug-likeness (QED) is 0.651. The number of benzene rings is 1. The zero-order valence-corrected chi connectivity index (χ0v) is 11.6. The first kappa shape index (κ1) is 14.3. The lowest BCUT2D eigenvalue weighted by molar-refractivity contribution is -0.138. The van der Waals surface area contributed by atoms with Crippen LogP contribution in [0.5, 0.6) is 0 Å². The summed E-state index contributed by atoms with van der Waals surface area (Å²) in [5, 5.41) is 18.8. The third-order valence-corrected chi connectivity index (χ3v) is 3.69. The van der Waals surface area contributed by atoms with E-state index in [0.717, 1.165) is 17.3 Å². The number of carbonyl (C=O) groups is 2. The number of thioether (sulfide) groups is 1. The zero-order valence-electron chi connectivity index (χ0n) is 10.7. The molecule has 2 N–H and O–H groups in total. The smallest absolute Gasteiger partial charge is 0.317 e. The number of nitrogens with zero attached hydrogens (tertiary/aromatic N) is 2. The van der Waals surface area contributed by atoms with Crippen LogP contribution >= 0.6 is 11.8 Å². The van der Waals surface area contributed by atoms with Gasteiger partial charge >= 0.3 is 5.97 Å². The van der Waals surface area contributed by atoms with Gasteiger partial charge in [-0.2, -0.15) is 5.10 Å². The molecule has 0 aliphatic carbocycles. The number of rotatable bonds is 3. The average Bonchev–Trinajstić information content (AvgIpc) is 2.45. The van der Waals surface area contributed by atoms with Crippen LogP contribution in [0.25, 0.3) is 0 Å². The maximum Gasteiger partial charge on any atom is 0.317 e. The normalized spacial score (nSPS) is 21.6. The molecule has 1 aliphatic heterocycles. The molecule has 1 aromatic carbocycles. The lowest BCUT2D eigenvalue weighted by atomic mass is 10.1. The Morgan fingerprint density at radius 3 is 2.75 bits per heavy atom. The molecule has 1 amide bonds. The van der Waals surface area contributed by atoms with E-state index < -0.39 is 11.2 Å². The summed E-state index contributed by atoms with van der Waals surface area (Å²) in [7, 11) is 0. The van der Waals surface area contributed by atoms with Crippen LogP contribution in [0, 0.1) is 0 Å². The zero-order chi connectivity index (χ0) is 14.5. The summed E-state index contributed by atoms with van der Waals surface area (Å²) < 4.78 is 0. The van der Waals surface area contributed by atoms with Crippen LogP contribution in [0.15, 0.2) is 40.5 Å². The molecular formula is C13H13N3O3S. The molecule has 0 bridgehead atoms. The van der Waals surface area contributed by atoms with Gasteiger partial charge in [-0.15, -0.1) is 5.10 Å². The highest BCUT2D eigenvalue weighted by molar-refractivity contribution is 8.15. The van der Waals surface area contributed by atoms with Crippen LogP contribution in [-0.4, -0.2) is 33.1 Å². The Labute approximate surface area is 120 Å². The maximum atomic E-state index is 11.4. The van der Waals surface area contributed by atoms with Gasteiger partial charge in [-0.1, -0.05) is 42.1 Å². The number of carbonyl (C=O) groups excluding carboxylic acids is 1. The Hall–Kier alpha value is -2.15. The highest BCUT2D eigenvalue weighted by atomic mass is 32.2. The first-order valence-corrected chi connectivity index (χ1v) is 6.81. The lowest BCUT2D eigenvalue weighted by Crippen LogP contribution is -2.40. The SMILES string of the molecule is C/C(=N\N=C1/NC(=O)C[C@@H](C(=O)O)S1)c1ccccc1. The van der Waals surface area contributed by atoms with Crippen LogP contribution in [0.4, 0.5) is 0 Å². The van der Waals surface area contributed by atoms with Crippen LogP contribution < -0.4 is 5.32 Å². The van der Waals surface area contributed by atoms with Gasteiger partial charge in [0.2, 0.25) is 5.91 Å². The van der Waals surface area contributed by atoms with Gasteiger partial charge in [0.05, 0.1) is 5.71 Å². The average molecular weight is 291 g/mol. The summed E-state index contributed by atoms with van der Waals surface area (Å²) >= 11 is 0.992. The van der Waals surface area contributed by atoms with Crippen molar-refractivity contribution in [3.05, 3.63) is 35.9 Å². The van der Waals surface area contributed by atoms with E-state index >= 15 is 0 Å². The number of hydrogen-bond acceptors (Lipinski definition) is 5. The van der Waals surface area contributed by atoms with E-state index in [9.17, 15) is 9.59 Å². The van der Waals surface area contributed by atoms with Crippen molar-refractivity contribution in [2.45, 2.75) is 18.6 Å². The Balaban J connectivity index is 2.14. The molecule has 0 unspecified atom stereocenters. The number of amides is 1. The Morgan fingerprint density at radius 2 is 2.10 bits per heavy atom. The van der Waals surface area contributed by atoms with Crippen molar-refractivity contribution in [1.82, 2.24) is 5.32 Å². The van der Waals surface area contributed by atoms with Crippen molar-refractivity contribution in [3.8, 4) is 0 Å². The number of carboxylic acids is 1. The van der Waals surface area contributed by atoms with E-state index in [0.29, 0.717) is 5.71 Å². The second kappa shape index (κ2) is 6.33. The molecule has 6 nitrogen and oxygen atoms in total. The lowest BCUT2D eigenvalue weighted by Gasteiger charge is -2.18. The van der Waals surface area contributed by atoms with Crippen LogP contribution in [0.2, 0.25) is 0 Å². The summed E-state index contributed by atoms with van der Waals surface area (Å²) in [5.41, 5.74) is 1.60. The van der Waals surface area contributed by atoms with E-state index in [4.69, 9.17) is 5.11 Å². The molecule has 0 saturated carbocycles. The van der Waals surface area contributed by atoms with Gasteiger partial charge in [0.25, 0.3) is 0 Å². The molecule has 1 heterocycles. The van der Waals surface area contributed by atoms with Gasteiger partial charge in [0, 0.05) is 6.42 Å². The molecule has 2 rings (SSSR count). The second-order valence-electron chi connectivity index (χ2n) is 4.15. The van der Waals surface area contributed by atoms with Crippen LogP contribution in [0.1, 0.15) is 18.9 Å². The highest BCUT2D eigenvalue weighted by Crippen LogP contribution is 2.20. The molecule has 104 valence electrons. The van der Waals surface area contributed by atoms with E-state index in [-0.39, 0.29) is 17.5 Å². The first-order chi connectivity index (χ1) is 9.56. The van der Waals surface area contributed by atoms with E-state index in [2.05, 4.69) is 15.5 Å². The Morgan fingerprint density at radius 1 is 1.40 bits per heavy atom. The van der Waals surface area contributed by atoms with Gasteiger partial charge in [0.1, 0.15) is 5.25 Å². The summed E-state index contributed by atoms with van der Waals surface area (Å²) in [6.07, 6.45) is -0.0552. The number of nitrogens with one attached hydrogen (secondary N) is 1. The minimum atomic E-state index is -1.03. The third kappa shape index (κ3) is 3.67. The number of carboxylic acid groups (broad SMARTS) is 1. The number of aliphatic carboxylic acids is 1. The fourth-order valence-corrected chi connectivity index (χ4v) is 2.45. The third-order valence-electron chi connectivity index (χ3n) is 2.63. The predicted molar refractivity (Wildman–Crippen MR) is 77.9 cm³/mol. The molecule has 20 heavy (non-hydrogen) atoms. The second-order valence-corrected chi connectivity index (χ2v) is 5.35. The van der Waals surface area contributed by atoms with Gasteiger partial charge in [-0.05, 0) is 12.5 Å². The fourth-order valence-electron chi connectivity index (χ4n) is 1.59.